The molecule has 0 atom stereocenters. The Balaban J connectivity index is 1.71. The fourth-order valence-corrected chi connectivity index (χ4v) is 2.70. The summed E-state index contributed by atoms with van der Waals surface area (Å²) in [6.07, 6.45) is 1.40. The number of nitrogens with zero attached hydrogens (tertiary/aromatic N) is 2. The summed E-state index contributed by atoms with van der Waals surface area (Å²) < 4.78 is 5.07. The van der Waals surface area contributed by atoms with E-state index in [0.717, 1.165) is 13.2 Å². The summed E-state index contributed by atoms with van der Waals surface area (Å²) in [5.41, 5.74) is 0.655. The predicted octanol–water partition coefficient (Wildman–Crippen LogP) is 0.270. The van der Waals surface area contributed by atoms with Crippen molar-refractivity contribution in [2.45, 2.75) is 6.42 Å². The summed E-state index contributed by atoms with van der Waals surface area (Å²) >= 11 is 0. The molecular formula is C10H20N2O. The zero-order valence-corrected chi connectivity index (χ0v) is 8.75. The van der Waals surface area contributed by atoms with E-state index < -0.39 is 0 Å². The van der Waals surface area contributed by atoms with Crippen molar-refractivity contribution >= 4 is 0 Å². The van der Waals surface area contributed by atoms with Crippen molar-refractivity contribution in [3.8, 4) is 0 Å². The van der Waals surface area contributed by atoms with Crippen LogP contribution in [0.4, 0.5) is 0 Å². The van der Waals surface area contributed by atoms with Crippen LogP contribution >= 0.6 is 0 Å². The molecule has 3 heteroatoms. The van der Waals surface area contributed by atoms with Crippen LogP contribution < -0.4 is 0 Å². The van der Waals surface area contributed by atoms with Gasteiger partial charge in [0.1, 0.15) is 0 Å². The van der Waals surface area contributed by atoms with Gasteiger partial charge in [0.15, 0.2) is 0 Å². The van der Waals surface area contributed by atoms with Crippen LogP contribution in [0.3, 0.4) is 0 Å². The van der Waals surface area contributed by atoms with E-state index >= 15 is 0 Å². The fraction of sp³-hybridized carbons (Fsp3) is 1.00. The Morgan fingerprint density at radius 2 is 2.08 bits per heavy atom. The third-order valence-corrected chi connectivity index (χ3v) is 3.36. The van der Waals surface area contributed by atoms with Crippen LogP contribution in [0.1, 0.15) is 6.42 Å². The molecule has 0 aliphatic carbocycles. The lowest BCUT2D eigenvalue weighted by Crippen LogP contribution is -2.57. The molecule has 2 heterocycles. The van der Waals surface area contributed by atoms with Crippen LogP contribution in [-0.4, -0.2) is 63.3 Å². The molecule has 0 aromatic carbocycles. The highest BCUT2D eigenvalue weighted by atomic mass is 16.5. The molecular weight excluding hydrogens is 164 g/mol. The zero-order chi connectivity index (χ0) is 9.31. The highest BCUT2D eigenvalue weighted by Crippen LogP contribution is 2.38. The molecule has 2 rings (SSSR count). The van der Waals surface area contributed by atoms with Crippen LogP contribution in [0.15, 0.2) is 0 Å². The second kappa shape index (κ2) is 3.56. The fourth-order valence-electron chi connectivity index (χ4n) is 2.70. The molecule has 0 radical (unpaired) electrons. The van der Waals surface area contributed by atoms with E-state index in [1.54, 1.807) is 7.11 Å². The first-order valence-electron chi connectivity index (χ1n) is 5.14. The first-order chi connectivity index (χ1) is 6.24. The highest BCUT2D eigenvalue weighted by molar-refractivity contribution is 5.00. The third-order valence-electron chi connectivity index (χ3n) is 3.36. The average molecular weight is 184 g/mol. The number of hydrogen-bond acceptors (Lipinski definition) is 3. The molecule has 0 saturated carbocycles. The van der Waals surface area contributed by atoms with Crippen molar-refractivity contribution in [2.75, 3.05) is 53.5 Å². The second-order valence-corrected chi connectivity index (χ2v) is 4.69. The average Bonchev–Trinajstić information content (AvgIpc) is 2.42. The van der Waals surface area contributed by atoms with Gasteiger partial charge in [-0.15, -0.1) is 0 Å². The van der Waals surface area contributed by atoms with Crippen LogP contribution in [0.2, 0.25) is 0 Å². The predicted molar refractivity (Wildman–Crippen MR) is 52.9 cm³/mol. The van der Waals surface area contributed by atoms with Gasteiger partial charge in [-0.05, 0) is 20.0 Å². The molecule has 1 spiro atoms. The van der Waals surface area contributed by atoms with Crippen molar-refractivity contribution in [1.29, 1.82) is 0 Å². The molecule has 2 fully saturated rings. The summed E-state index contributed by atoms with van der Waals surface area (Å²) in [4.78, 5) is 4.95. The topological polar surface area (TPSA) is 15.7 Å². The molecule has 2 saturated heterocycles. The van der Waals surface area contributed by atoms with Gasteiger partial charge in [-0.2, -0.15) is 0 Å². The Morgan fingerprint density at radius 3 is 2.62 bits per heavy atom. The van der Waals surface area contributed by atoms with Gasteiger partial charge in [0.2, 0.25) is 0 Å². The molecule has 76 valence electrons. The van der Waals surface area contributed by atoms with Crippen LogP contribution in [0.5, 0.6) is 0 Å². The summed E-state index contributed by atoms with van der Waals surface area (Å²) in [5, 5.41) is 0. The summed E-state index contributed by atoms with van der Waals surface area (Å²) in [7, 11) is 4.01. The van der Waals surface area contributed by atoms with Crippen LogP contribution in [0.25, 0.3) is 0 Å². The molecule has 3 nitrogen and oxygen atoms in total. The first-order valence-corrected chi connectivity index (χ1v) is 5.14. The van der Waals surface area contributed by atoms with Crippen molar-refractivity contribution in [1.82, 2.24) is 9.80 Å². The van der Waals surface area contributed by atoms with Crippen LogP contribution in [0, 0.1) is 5.41 Å². The van der Waals surface area contributed by atoms with Gasteiger partial charge in [0.25, 0.3) is 0 Å². The molecule has 0 bridgehead atoms. The largest absolute Gasteiger partial charge is 0.383 e. The zero-order valence-electron chi connectivity index (χ0n) is 8.75. The van der Waals surface area contributed by atoms with Gasteiger partial charge in [0, 0.05) is 38.7 Å². The van der Waals surface area contributed by atoms with E-state index in [9.17, 15) is 0 Å². The van der Waals surface area contributed by atoms with Crippen molar-refractivity contribution in [2.24, 2.45) is 5.41 Å². The lowest BCUT2D eigenvalue weighted by atomic mass is 9.79. The van der Waals surface area contributed by atoms with Crippen LogP contribution in [-0.2, 0) is 4.74 Å². The third kappa shape index (κ3) is 1.87. The van der Waals surface area contributed by atoms with Gasteiger partial charge in [0.05, 0.1) is 6.61 Å². The normalized spacial score (nSPS) is 28.2. The van der Waals surface area contributed by atoms with Gasteiger partial charge in [-0.1, -0.05) is 0 Å². The summed E-state index contributed by atoms with van der Waals surface area (Å²) in [6, 6.07) is 0. The van der Waals surface area contributed by atoms with E-state index in [-0.39, 0.29) is 0 Å². The molecule has 0 aromatic rings. The number of methoxy groups -OCH3 is 1. The number of likely N-dealkylation sites (tertiary alicyclic amines) is 2. The van der Waals surface area contributed by atoms with Gasteiger partial charge >= 0.3 is 0 Å². The number of rotatable bonds is 3. The van der Waals surface area contributed by atoms with E-state index in [2.05, 4.69) is 16.8 Å². The minimum absolute atomic E-state index is 0.655. The van der Waals surface area contributed by atoms with E-state index in [1.165, 1.54) is 32.6 Å². The summed E-state index contributed by atoms with van der Waals surface area (Å²) in [5.74, 6) is 0. The van der Waals surface area contributed by atoms with Gasteiger partial charge < -0.3 is 9.64 Å². The minimum atomic E-state index is 0.655. The van der Waals surface area contributed by atoms with Crippen molar-refractivity contribution < 1.29 is 4.74 Å². The van der Waals surface area contributed by atoms with E-state index in [4.69, 9.17) is 4.74 Å². The Bertz CT molecular complexity index is 178. The van der Waals surface area contributed by atoms with E-state index in [1.807, 2.05) is 0 Å². The molecule has 2 aliphatic heterocycles. The Kier molecular flexibility index (Phi) is 2.58. The monoisotopic (exact) mass is 184 g/mol. The lowest BCUT2D eigenvalue weighted by molar-refractivity contribution is -0.00523. The maximum absolute atomic E-state index is 5.07. The first kappa shape index (κ1) is 9.44. The van der Waals surface area contributed by atoms with Crippen molar-refractivity contribution in [3.63, 3.8) is 0 Å². The summed E-state index contributed by atoms with van der Waals surface area (Å²) in [6.45, 7) is 7.17. The second-order valence-electron chi connectivity index (χ2n) is 4.69. The van der Waals surface area contributed by atoms with Gasteiger partial charge in [-0.25, -0.2) is 0 Å². The molecule has 0 unspecified atom stereocenters. The smallest absolute Gasteiger partial charge is 0.0589 e. The quantitative estimate of drug-likeness (QED) is 0.626. The highest BCUT2D eigenvalue weighted by Gasteiger charge is 2.45. The molecule has 13 heavy (non-hydrogen) atoms. The molecule has 2 aliphatic rings. The molecule has 0 aromatic heterocycles. The maximum atomic E-state index is 5.07. The van der Waals surface area contributed by atoms with E-state index in [0.29, 0.717) is 5.41 Å². The Hall–Kier alpha value is -0.120. The number of ether oxygens (including phenoxy) is 1. The molecule has 0 amide bonds. The maximum Gasteiger partial charge on any atom is 0.0589 e. The lowest BCUT2D eigenvalue weighted by Gasteiger charge is -2.48. The van der Waals surface area contributed by atoms with Gasteiger partial charge in [-0.3, -0.25) is 4.90 Å². The molecule has 0 N–H and O–H groups in total. The Morgan fingerprint density at radius 1 is 1.31 bits per heavy atom. The SMILES string of the molecule is COCCN1CC2(CCN(C)C2)C1. The van der Waals surface area contributed by atoms with Crippen molar-refractivity contribution in [3.05, 3.63) is 0 Å². The standard InChI is InChI=1S/C10H20N2O/c1-11-4-3-10(7-11)8-12(9-10)5-6-13-2/h3-9H2,1-2H3. The number of hydrogen-bond donors (Lipinski definition) is 0. The Labute approximate surface area is 80.6 Å². The minimum Gasteiger partial charge on any atom is -0.383 e.